The summed E-state index contributed by atoms with van der Waals surface area (Å²) in [6.07, 6.45) is 3.04. The Morgan fingerprint density at radius 3 is 2.54 bits per heavy atom. The Bertz CT molecular complexity index is 1250. The fourth-order valence-corrected chi connectivity index (χ4v) is 5.73. The number of likely N-dealkylation sites (tertiary alicyclic amines) is 1. The second-order valence-corrected chi connectivity index (χ2v) is 9.83. The first-order valence-corrected chi connectivity index (χ1v) is 12.1. The smallest absolute Gasteiger partial charge is 0.322 e. The first-order chi connectivity index (χ1) is 17.6. The number of halogens is 3. The predicted molar refractivity (Wildman–Crippen MR) is 125 cm³/mol. The molecule has 0 spiro atoms. The minimum atomic E-state index is -1.62. The highest BCUT2D eigenvalue weighted by atomic mass is 19.2. The molecule has 1 aromatic carbocycles. The monoisotopic (exact) mass is 520 g/mol. The van der Waals surface area contributed by atoms with Gasteiger partial charge in [0.1, 0.15) is 6.04 Å². The topological polar surface area (TPSA) is 111 Å². The summed E-state index contributed by atoms with van der Waals surface area (Å²) in [4.78, 5) is 42.8. The lowest BCUT2D eigenvalue weighted by Crippen LogP contribution is -2.49. The van der Waals surface area contributed by atoms with Crippen molar-refractivity contribution in [2.45, 2.75) is 70.4 Å². The third kappa shape index (κ3) is 4.30. The van der Waals surface area contributed by atoms with E-state index in [1.54, 1.807) is 22.7 Å². The van der Waals surface area contributed by atoms with Crippen LogP contribution in [0.3, 0.4) is 0 Å². The zero-order valence-corrected chi connectivity index (χ0v) is 20.3. The van der Waals surface area contributed by atoms with E-state index in [-0.39, 0.29) is 42.7 Å². The maximum atomic E-state index is 13.6. The molecule has 4 atom stereocenters. The van der Waals surface area contributed by atoms with Crippen molar-refractivity contribution < 1.29 is 32.7 Å². The molecule has 2 N–H and O–H groups in total. The average molecular weight is 521 g/mol. The van der Waals surface area contributed by atoms with Crippen LogP contribution in [0.2, 0.25) is 0 Å². The summed E-state index contributed by atoms with van der Waals surface area (Å²) in [6, 6.07) is -0.776. The van der Waals surface area contributed by atoms with E-state index in [0.717, 1.165) is 6.42 Å². The van der Waals surface area contributed by atoms with Gasteiger partial charge in [-0.15, -0.1) is 0 Å². The van der Waals surface area contributed by atoms with E-state index in [0.29, 0.717) is 43.0 Å². The summed E-state index contributed by atoms with van der Waals surface area (Å²) >= 11 is 0. The fraction of sp³-hybridized carbons (Fsp3) is 0.500. The van der Waals surface area contributed by atoms with Crippen LogP contribution in [0.5, 0.6) is 0 Å². The van der Waals surface area contributed by atoms with Crippen molar-refractivity contribution in [2.75, 3.05) is 16.8 Å². The Balaban J connectivity index is 1.37. The molecule has 3 amide bonds. The normalized spacial score (nSPS) is 26.0. The Morgan fingerprint density at radius 1 is 1.16 bits per heavy atom. The van der Waals surface area contributed by atoms with E-state index in [1.165, 1.54) is 4.90 Å². The number of carboxylic acids is 1. The van der Waals surface area contributed by atoms with Gasteiger partial charge < -0.3 is 20.2 Å². The quantitative estimate of drug-likeness (QED) is 0.600. The number of fused-ring (bicyclic) bond motifs is 1. The van der Waals surface area contributed by atoms with Crippen LogP contribution in [0.1, 0.15) is 38.8 Å². The van der Waals surface area contributed by atoms with Crippen LogP contribution in [-0.2, 0) is 22.7 Å². The Hall–Kier alpha value is -3.61. The molecule has 13 heteroatoms. The second-order valence-electron chi connectivity index (χ2n) is 9.83. The third-order valence-corrected chi connectivity index (χ3v) is 7.59. The molecule has 0 bridgehead atoms. The van der Waals surface area contributed by atoms with Crippen molar-refractivity contribution in [3.05, 3.63) is 41.5 Å². The minimum absolute atomic E-state index is 0.0666. The summed E-state index contributed by atoms with van der Waals surface area (Å²) < 4.78 is 42.2. The van der Waals surface area contributed by atoms with Gasteiger partial charge in [-0.1, -0.05) is 0 Å². The minimum Gasteiger partial charge on any atom is -0.480 e. The number of benzene rings is 1. The van der Waals surface area contributed by atoms with Gasteiger partial charge in [0.05, 0.1) is 42.8 Å². The van der Waals surface area contributed by atoms with Crippen LogP contribution in [0.4, 0.5) is 29.3 Å². The first kappa shape index (κ1) is 25.1. The Morgan fingerprint density at radius 2 is 1.86 bits per heavy atom. The highest BCUT2D eigenvalue weighted by molar-refractivity contribution is 5.98. The van der Waals surface area contributed by atoms with Crippen molar-refractivity contribution >= 4 is 29.3 Å². The number of carboxylic acid groups (broad SMARTS) is 1. The van der Waals surface area contributed by atoms with Gasteiger partial charge in [-0.05, 0) is 33.2 Å². The van der Waals surface area contributed by atoms with Gasteiger partial charge in [0.25, 0.3) is 0 Å². The third-order valence-electron chi connectivity index (χ3n) is 7.59. The van der Waals surface area contributed by atoms with Crippen LogP contribution in [0, 0.1) is 17.5 Å². The second kappa shape index (κ2) is 9.36. The number of aromatic nitrogens is 2. The number of nitrogens with one attached hydrogen (secondary N) is 1. The highest BCUT2D eigenvalue weighted by Gasteiger charge is 2.47. The number of urea groups is 1. The fourth-order valence-electron chi connectivity index (χ4n) is 5.73. The molecule has 5 rings (SSSR count). The summed E-state index contributed by atoms with van der Waals surface area (Å²) in [5.74, 6) is -5.50. The molecule has 1 aromatic heterocycles. The van der Waals surface area contributed by atoms with Crippen LogP contribution in [0.15, 0.2) is 18.3 Å². The zero-order chi connectivity index (χ0) is 26.6. The Kier molecular flexibility index (Phi) is 6.34. The van der Waals surface area contributed by atoms with Gasteiger partial charge in [-0.25, -0.2) is 18.0 Å². The number of rotatable bonds is 4. The SMILES string of the molecule is CC1C(N2CCC[C@H]2C(=O)O)CC(=O)N1c1cnn2c1CN(C(=O)Nc1cc(F)c(F)c(F)c1)[C@@H](C)C2. The van der Waals surface area contributed by atoms with Crippen molar-refractivity contribution in [2.24, 2.45) is 0 Å². The molecule has 4 heterocycles. The standard InChI is InChI=1S/C24H27F3N6O4/c1-12-10-32-20(11-31(12)24(37)29-14-6-15(25)22(27)16(26)7-14)19(9-28-32)33-13(2)18(8-21(33)34)30-5-3-4-17(30)23(35)36/h6-7,9,12-13,17-18H,3-5,8,10-11H2,1-2H3,(H,29,37)(H,35,36)/t12-,13?,17-,18?/m0/s1. The molecule has 2 fully saturated rings. The van der Waals surface area contributed by atoms with E-state index < -0.39 is 35.5 Å². The Labute approximate surface area is 210 Å². The predicted octanol–water partition coefficient (Wildman–Crippen LogP) is 2.78. The van der Waals surface area contributed by atoms with Gasteiger partial charge in [0.15, 0.2) is 17.5 Å². The number of carbonyl (C=O) groups excluding carboxylic acids is 2. The van der Waals surface area contributed by atoms with Crippen LogP contribution in [-0.4, -0.2) is 73.3 Å². The van der Waals surface area contributed by atoms with Crippen molar-refractivity contribution in [1.82, 2.24) is 19.6 Å². The van der Waals surface area contributed by atoms with E-state index in [2.05, 4.69) is 10.4 Å². The summed E-state index contributed by atoms with van der Waals surface area (Å²) in [7, 11) is 0. The van der Waals surface area contributed by atoms with Gasteiger partial charge >= 0.3 is 12.0 Å². The van der Waals surface area contributed by atoms with E-state index >= 15 is 0 Å². The lowest BCUT2D eigenvalue weighted by atomic mass is 10.1. The molecule has 0 saturated carbocycles. The molecular formula is C24H27F3N6O4. The summed E-state index contributed by atoms with van der Waals surface area (Å²) in [5, 5.41) is 16.4. The lowest BCUT2D eigenvalue weighted by Gasteiger charge is -2.36. The number of hydrogen-bond donors (Lipinski definition) is 2. The largest absolute Gasteiger partial charge is 0.480 e. The number of carbonyl (C=O) groups is 3. The van der Waals surface area contributed by atoms with E-state index in [4.69, 9.17) is 0 Å². The van der Waals surface area contributed by atoms with Crippen LogP contribution >= 0.6 is 0 Å². The first-order valence-electron chi connectivity index (χ1n) is 12.1. The molecule has 10 nitrogen and oxygen atoms in total. The van der Waals surface area contributed by atoms with Gasteiger partial charge in [0, 0.05) is 30.3 Å². The molecule has 0 aliphatic carbocycles. The number of hydrogen-bond acceptors (Lipinski definition) is 5. The molecule has 0 radical (unpaired) electrons. The summed E-state index contributed by atoms with van der Waals surface area (Å²) in [5.41, 5.74) is 0.925. The number of aliphatic carboxylic acids is 1. The zero-order valence-electron chi connectivity index (χ0n) is 20.3. The molecule has 198 valence electrons. The molecule has 37 heavy (non-hydrogen) atoms. The van der Waals surface area contributed by atoms with Crippen molar-refractivity contribution in [3.63, 3.8) is 0 Å². The van der Waals surface area contributed by atoms with Crippen molar-refractivity contribution in [3.8, 4) is 0 Å². The van der Waals surface area contributed by atoms with E-state index in [9.17, 15) is 32.7 Å². The van der Waals surface area contributed by atoms with Crippen LogP contribution < -0.4 is 10.2 Å². The van der Waals surface area contributed by atoms with E-state index in [1.807, 2.05) is 11.8 Å². The molecular weight excluding hydrogens is 493 g/mol. The molecule has 2 aromatic rings. The number of anilines is 2. The highest BCUT2D eigenvalue weighted by Crippen LogP contribution is 2.37. The van der Waals surface area contributed by atoms with Gasteiger partial charge in [0.2, 0.25) is 5.91 Å². The lowest BCUT2D eigenvalue weighted by molar-refractivity contribution is -0.143. The number of amides is 3. The average Bonchev–Trinajstić information content (AvgIpc) is 3.54. The maximum absolute atomic E-state index is 13.6. The van der Waals surface area contributed by atoms with Crippen LogP contribution in [0.25, 0.3) is 0 Å². The maximum Gasteiger partial charge on any atom is 0.322 e. The molecule has 3 aliphatic rings. The molecule has 2 unspecified atom stereocenters. The number of nitrogens with zero attached hydrogens (tertiary/aromatic N) is 5. The van der Waals surface area contributed by atoms with Crippen molar-refractivity contribution in [1.29, 1.82) is 0 Å². The van der Waals surface area contributed by atoms with Gasteiger partial charge in [-0.2, -0.15) is 5.10 Å². The molecule has 2 saturated heterocycles. The van der Waals surface area contributed by atoms with Gasteiger partial charge in [-0.3, -0.25) is 19.2 Å². The molecule has 3 aliphatic heterocycles. The summed E-state index contributed by atoms with van der Waals surface area (Å²) in [6.45, 7) is 4.66.